The summed E-state index contributed by atoms with van der Waals surface area (Å²) in [6.07, 6.45) is -1.46. The number of nitrogens with zero attached hydrogens (tertiary/aromatic N) is 3. The van der Waals surface area contributed by atoms with E-state index in [9.17, 15) is 14.3 Å². The number of phosphoric ester groups is 1. The molecule has 0 radical (unpaired) electrons. The van der Waals surface area contributed by atoms with E-state index in [1.807, 2.05) is 0 Å². The molecule has 0 spiro atoms. The summed E-state index contributed by atoms with van der Waals surface area (Å²) in [6, 6.07) is 0. The topological polar surface area (TPSA) is 202 Å². The molecule has 1 aliphatic heterocycles. The van der Waals surface area contributed by atoms with Crippen molar-refractivity contribution in [3.63, 3.8) is 0 Å². The minimum atomic E-state index is -4.17. The molecule has 2 aromatic rings. The van der Waals surface area contributed by atoms with Gasteiger partial charge in [0.1, 0.15) is 12.3 Å². The highest BCUT2D eigenvalue weighted by Gasteiger charge is 2.40. The van der Waals surface area contributed by atoms with Gasteiger partial charge < -0.3 is 31.2 Å². The van der Waals surface area contributed by atoms with Crippen molar-refractivity contribution in [2.75, 3.05) is 45.0 Å². The maximum atomic E-state index is 12.2. The van der Waals surface area contributed by atoms with Gasteiger partial charge in [-0.25, -0.2) is 9.55 Å². The molecule has 1 saturated heterocycles. The monoisotopic (exact) mass is 433 g/mol. The van der Waals surface area contributed by atoms with Crippen LogP contribution in [0.4, 0.5) is 11.9 Å². The summed E-state index contributed by atoms with van der Waals surface area (Å²) in [5, 5.41) is 3.03. The average Bonchev–Trinajstić information content (AvgIpc) is 3.25. The third-order valence-corrected chi connectivity index (χ3v) is 5.34. The number of nitrogen functional groups attached to an aromatic ring is 1. The van der Waals surface area contributed by atoms with Gasteiger partial charge >= 0.3 is 7.82 Å². The molecule has 3 heterocycles. The number of ether oxygens (including phenoxy) is 2. The third kappa shape index (κ3) is 4.59. The van der Waals surface area contributed by atoms with Gasteiger partial charge in [0.25, 0.3) is 5.56 Å². The summed E-state index contributed by atoms with van der Waals surface area (Å²) in [5.41, 5.74) is 11.0. The number of methoxy groups -OCH3 is 1. The maximum Gasteiger partial charge on any atom is 0.472 e. The first-order chi connectivity index (χ1) is 13.8. The molecule has 7 N–H and O–H groups in total. The first-order valence-corrected chi connectivity index (χ1v) is 10.2. The van der Waals surface area contributed by atoms with Crippen molar-refractivity contribution in [3.8, 4) is 0 Å². The average molecular weight is 433 g/mol. The Morgan fingerprint density at radius 1 is 1.45 bits per heavy atom. The van der Waals surface area contributed by atoms with Crippen LogP contribution in [0.2, 0.25) is 0 Å². The molecule has 0 amide bonds. The van der Waals surface area contributed by atoms with Crippen LogP contribution in [0.15, 0.2) is 4.79 Å². The molecule has 2 aromatic heterocycles. The molecular formula is C14H24N7O7P. The molecule has 162 valence electrons. The number of anilines is 2. The van der Waals surface area contributed by atoms with E-state index >= 15 is 0 Å². The highest BCUT2D eigenvalue weighted by molar-refractivity contribution is 7.47. The largest absolute Gasteiger partial charge is 0.472 e. The van der Waals surface area contributed by atoms with Gasteiger partial charge in [-0.1, -0.05) is 0 Å². The van der Waals surface area contributed by atoms with Crippen LogP contribution in [-0.4, -0.2) is 70.5 Å². The summed E-state index contributed by atoms with van der Waals surface area (Å²) < 4.78 is 33.9. The molecule has 0 aromatic carbocycles. The first kappa shape index (κ1) is 21.6. The second kappa shape index (κ2) is 8.75. The van der Waals surface area contributed by atoms with Crippen LogP contribution in [0.1, 0.15) is 12.6 Å². The van der Waals surface area contributed by atoms with Crippen molar-refractivity contribution in [1.29, 1.82) is 0 Å². The van der Waals surface area contributed by atoms with Crippen molar-refractivity contribution in [1.82, 2.24) is 19.5 Å². The quantitative estimate of drug-likeness (QED) is 0.307. The van der Waals surface area contributed by atoms with Crippen molar-refractivity contribution in [2.45, 2.75) is 24.9 Å². The fourth-order valence-electron chi connectivity index (χ4n) is 3.06. The summed E-state index contributed by atoms with van der Waals surface area (Å²) in [7, 11) is -1.63. The predicted octanol–water partition coefficient (Wildman–Crippen LogP) is -0.862. The molecular weight excluding hydrogens is 409 g/mol. The molecule has 15 heteroatoms. The molecule has 0 bridgehead atoms. The number of phosphoric acid groups is 1. The van der Waals surface area contributed by atoms with Gasteiger partial charge in [-0.2, -0.15) is 4.98 Å². The smallest absolute Gasteiger partial charge is 0.378 e. The number of hydrogen-bond donors (Lipinski definition) is 5. The molecule has 14 nitrogen and oxygen atoms in total. The predicted molar refractivity (Wildman–Crippen MR) is 102 cm³/mol. The van der Waals surface area contributed by atoms with Gasteiger partial charge in [-0.3, -0.25) is 23.4 Å². The lowest BCUT2D eigenvalue weighted by Gasteiger charge is -2.19. The van der Waals surface area contributed by atoms with E-state index in [4.69, 9.17) is 25.5 Å². The van der Waals surface area contributed by atoms with Crippen molar-refractivity contribution >= 4 is 30.9 Å². The number of rotatable bonds is 9. The molecule has 3 rings (SSSR count). The van der Waals surface area contributed by atoms with E-state index in [0.717, 1.165) is 7.11 Å². The first-order valence-electron chi connectivity index (χ1n) is 8.72. The Bertz CT molecular complexity index is 964. The third-order valence-electron chi connectivity index (χ3n) is 4.40. The summed E-state index contributed by atoms with van der Waals surface area (Å²) in [5.74, 6) is 0.247. The minimum Gasteiger partial charge on any atom is -0.378 e. The number of aromatic amines is 1. The van der Waals surface area contributed by atoms with Gasteiger partial charge in [-0.15, -0.1) is 0 Å². The van der Waals surface area contributed by atoms with Crippen LogP contribution >= 0.6 is 7.82 Å². The van der Waals surface area contributed by atoms with Crippen LogP contribution in [0.5, 0.6) is 0 Å². The number of imidazole rings is 1. The zero-order valence-corrected chi connectivity index (χ0v) is 16.8. The fourth-order valence-corrected chi connectivity index (χ4v) is 3.50. The fraction of sp³-hybridized carbons (Fsp3) is 0.643. The zero-order valence-electron chi connectivity index (χ0n) is 15.9. The van der Waals surface area contributed by atoms with Gasteiger partial charge in [0.05, 0.1) is 12.7 Å². The van der Waals surface area contributed by atoms with Crippen molar-refractivity contribution in [2.24, 2.45) is 5.73 Å². The second-order valence-corrected chi connectivity index (χ2v) is 7.79. The molecule has 1 aliphatic rings. The van der Waals surface area contributed by atoms with Crippen LogP contribution in [0, 0.1) is 0 Å². The number of aromatic nitrogens is 4. The van der Waals surface area contributed by atoms with Gasteiger partial charge in [0.2, 0.25) is 11.9 Å². The lowest BCUT2D eigenvalue weighted by Crippen LogP contribution is -2.27. The van der Waals surface area contributed by atoms with Gasteiger partial charge in [0, 0.05) is 33.7 Å². The van der Waals surface area contributed by atoms with E-state index < -0.39 is 31.8 Å². The second-order valence-electron chi connectivity index (χ2n) is 6.23. The van der Waals surface area contributed by atoms with Gasteiger partial charge in [0.15, 0.2) is 11.2 Å². The van der Waals surface area contributed by atoms with Crippen LogP contribution < -0.4 is 22.3 Å². The Kier molecular flexibility index (Phi) is 6.53. The molecule has 0 saturated carbocycles. The number of nitrogens with one attached hydrogen (secondary N) is 2. The normalized spacial score (nSPS) is 24.1. The van der Waals surface area contributed by atoms with E-state index in [0.29, 0.717) is 25.5 Å². The van der Waals surface area contributed by atoms with Crippen LogP contribution in [0.3, 0.4) is 0 Å². The Hall–Kier alpha value is -2.06. The summed E-state index contributed by atoms with van der Waals surface area (Å²) in [6.45, 7) is 0.483. The lowest BCUT2D eigenvalue weighted by atomic mass is 10.2. The Labute approximate surface area is 165 Å². The Morgan fingerprint density at radius 3 is 2.86 bits per heavy atom. The number of H-pyrrole nitrogens is 1. The standard InChI is InChI=1S/C14H24N7O7P/c1-25-7-5-9(28-8(7)6-27-29(23,24)26-2)21-11-10(12(22)20-13(16)19-11)18-14(21)17-4-3-15/h7-9H,3-6,15H2,1-2H3,(H,17,18)(H,23,24)(H3,16,19,20,22)/t7-,8-,9-/m1/s1. The van der Waals surface area contributed by atoms with Crippen molar-refractivity contribution < 1.29 is 28.0 Å². The number of nitrogens with two attached hydrogens (primary N) is 2. The highest BCUT2D eigenvalue weighted by Crippen LogP contribution is 2.43. The SMILES string of the molecule is CO[C@@H]1C[C@H](n2c(NCCN)nc3c(=O)[nH]c(N)nc32)O[C@@H]1COP(=O)(O)OC. The van der Waals surface area contributed by atoms with Crippen molar-refractivity contribution in [3.05, 3.63) is 10.4 Å². The highest BCUT2D eigenvalue weighted by atomic mass is 31.2. The van der Waals surface area contributed by atoms with E-state index in [1.165, 1.54) is 7.11 Å². The van der Waals surface area contributed by atoms with E-state index in [2.05, 4.69) is 24.8 Å². The van der Waals surface area contributed by atoms with Crippen LogP contribution in [-0.2, 0) is 23.1 Å². The molecule has 4 atom stereocenters. The number of fused-ring (bicyclic) bond motifs is 1. The molecule has 1 fully saturated rings. The Balaban J connectivity index is 1.94. The minimum absolute atomic E-state index is 0.0727. The number of hydrogen-bond acceptors (Lipinski definition) is 11. The maximum absolute atomic E-state index is 12.2. The van der Waals surface area contributed by atoms with Gasteiger partial charge in [-0.05, 0) is 0 Å². The summed E-state index contributed by atoms with van der Waals surface area (Å²) in [4.78, 5) is 32.5. The molecule has 29 heavy (non-hydrogen) atoms. The molecule has 0 aliphatic carbocycles. The zero-order chi connectivity index (χ0) is 21.2. The van der Waals surface area contributed by atoms with Crippen LogP contribution in [0.25, 0.3) is 11.2 Å². The molecule has 1 unspecified atom stereocenters. The Morgan fingerprint density at radius 2 is 2.21 bits per heavy atom. The van der Waals surface area contributed by atoms with E-state index in [-0.39, 0.29) is 23.7 Å². The summed E-state index contributed by atoms with van der Waals surface area (Å²) >= 11 is 0. The lowest BCUT2D eigenvalue weighted by molar-refractivity contribution is -0.0504. The van der Waals surface area contributed by atoms with E-state index in [1.54, 1.807) is 4.57 Å².